The highest BCUT2D eigenvalue weighted by atomic mass is 32.2. The molecule has 1 aliphatic heterocycles. The summed E-state index contributed by atoms with van der Waals surface area (Å²) in [6.07, 6.45) is 1.49. The molecule has 0 aromatic rings. The molecule has 78 valence electrons. The van der Waals surface area contributed by atoms with Crippen LogP contribution in [0.3, 0.4) is 0 Å². The highest BCUT2D eigenvalue weighted by Gasteiger charge is 2.24. The maximum Gasteiger partial charge on any atom is 0.150 e. The monoisotopic (exact) mass is 224 g/mol. The van der Waals surface area contributed by atoms with Crippen molar-refractivity contribution < 1.29 is 13.5 Å². The maximum absolute atomic E-state index is 11.1. The van der Waals surface area contributed by atoms with Crippen LogP contribution in [0.1, 0.15) is 19.8 Å². The van der Waals surface area contributed by atoms with E-state index in [1.807, 2.05) is 6.92 Å². The zero-order chi connectivity index (χ0) is 9.90. The molecule has 0 amide bonds. The summed E-state index contributed by atoms with van der Waals surface area (Å²) >= 11 is 1.71. The van der Waals surface area contributed by atoms with Gasteiger partial charge in [0.05, 0.1) is 18.1 Å². The van der Waals surface area contributed by atoms with Crippen LogP contribution in [0.25, 0.3) is 0 Å². The lowest BCUT2D eigenvalue weighted by Gasteiger charge is -2.23. The third kappa shape index (κ3) is 3.87. The van der Waals surface area contributed by atoms with E-state index in [1.54, 1.807) is 11.8 Å². The second kappa shape index (κ2) is 4.66. The Bertz CT molecular complexity index is 234. The summed E-state index contributed by atoms with van der Waals surface area (Å²) in [6.45, 7) is 2.14. The molecule has 3 nitrogen and oxygen atoms in total. The van der Waals surface area contributed by atoms with Crippen molar-refractivity contribution in [3.8, 4) is 0 Å². The topological polar surface area (TPSA) is 54.4 Å². The van der Waals surface area contributed by atoms with Gasteiger partial charge in [-0.3, -0.25) is 0 Å². The molecule has 1 heterocycles. The molecule has 0 bridgehead atoms. The van der Waals surface area contributed by atoms with Crippen molar-refractivity contribution in [1.82, 2.24) is 0 Å². The zero-order valence-corrected chi connectivity index (χ0v) is 9.40. The van der Waals surface area contributed by atoms with E-state index in [2.05, 4.69) is 0 Å². The van der Waals surface area contributed by atoms with E-state index in [1.165, 1.54) is 0 Å². The fraction of sp³-hybridized carbons (Fsp3) is 1.00. The van der Waals surface area contributed by atoms with Crippen LogP contribution in [0.5, 0.6) is 0 Å². The molecule has 1 rings (SSSR count). The highest BCUT2D eigenvalue weighted by molar-refractivity contribution is 8.00. The number of sulfone groups is 1. The Morgan fingerprint density at radius 1 is 1.46 bits per heavy atom. The van der Waals surface area contributed by atoms with Crippen molar-refractivity contribution >= 4 is 21.6 Å². The number of hydrogen-bond acceptors (Lipinski definition) is 4. The number of aliphatic hydroxyl groups excluding tert-OH is 1. The van der Waals surface area contributed by atoms with Crippen molar-refractivity contribution in [2.75, 3.05) is 18.1 Å². The molecule has 0 radical (unpaired) electrons. The first-order valence-electron chi connectivity index (χ1n) is 4.50. The van der Waals surface area contributed by atoms with Crippen LogP contribution in [-0.2, 0) is 9.84 Å². The summed E-state index contributed by atoms with van der Waals surface area (Å²) in [4.78, 5) is 0. The van der Waals surface area contributed by atoms with Crippen molar-refractivity contribution in [3.05, 3.63) is 0 Å². The van der Waals surface area contributed by atoms with Crippen LogP contribution in [0, 0.1) is 0 Å². The molecule has 1 fully saturated rings. The van der Waals surface area contributed by atoms with Crippen molar-refractivity contribution in [1.29, 1.82) is 0 Å². The summed E-state index contributed by atoms with van der Waals surface area (Å²) < 4.78 is 22.2. The van der Waals surface area contributed by atoms with E-state index < -0.39 is 9.84 Å². The molecular weight excluding hydrogens is 208 g/mol. The predicted octanol–water partition coefficient (Wildman–Crippen LogP) is 0.678. The normalized spacial score (nSPS) is 25.7. The first-order valence-corrected chi connectivity index (χ1v) is 7.26. The number of aliphatic hydroxyl groups is 1. The summed E-state index contributed by atoms with van der Waals surface area (Å²) in [7, 11) is -2.73. The first kappa shape index (κ1) is 11.3. The maximum atomic E-state index is 11.1. The van der Waals surface area contributed by atoms with Crippen LogP contribution >= 0.6 is 11.8 Å². The molecule has 5 heteroatoms. The van der Waals surface area contributed by atoms with Crippen molar-refractivity contribution in [2.45, 2.75) is 30.3 Å². The Morgan fingerprint density at radius 2 is 2.00 bits per heavy atom. The quantitative estimate of drug-likeness (QED) is 0.766. The summed E-state index contributed by atoms with van der Waals surface area (Å²) in [6, 6.07) is 0. The summed E-state index contributed by atoms with van der Waals surface area (Å²) in [5, 5.41) is 9.48. The van der Waals surface area contributed by atoms with Crippen molar-refractivity contribution in [3.63, 3.8) is 0 Å². The van der Waals surface area contributed by atoms with Crippen LogP contribution in [0.15, 0.2) is 0 Å². The number of hydrogen-bond donors (Lipinski definition) is 1. The Balaban J connectivity index is 2.33. The second-order valence-electron chi connectivity index (χ2n) is 3.48. The molecule has 0 spiro atoms. The van der Waals surface area contributed by atoms with Gasteiger partial charge in [0, 0.05) is 10.5 Å². The van der Waals surface area contributed by atoms with Gasteiger partial charge in [-0.1, -0.05) is 6.92 Å². The minimum atomic E-state index is -2.73. The van der Waals surface area contributed by atoms with Gasteiger partial charge < -0.3 is 5.11 Å². The van der Waals surface area contributed by atoms with E-state index in [4.69, 9.17) is 5.11 Å². The first-order chi connectivity index (χ1) is 6.03. The molecule has 1 unspecified atom stereocenters. The van der Waals surface area contributed by atoms with E-state index in [0.717, 1.165) is 12.8 Å². The van der Waals surface area contributed by atoms with Gasteiger partial charge in [-0.2, -0.15) is 11.8 Å². The van der Waals surface area contributed by atoms with Crippen LogP contribution < -0.4 is 0 Å². The van der Waals surface area contributed by atoms with Gasteiger partial charge in [-0.25, -0.2) is 8.42 Å². The third-order valence-electron chi connectivity index (χ3n) is 2.18. The van der Waals surface area contributed by atoms with Gasteiger partial charge in [0.15, 0.2) is 0 Å². The SMILES string of the molecule is CC(CO)SC1CCS(=O)(=O)CC1. The Hall–Kier alpha value is 0.260. The fourth-order valence-corrected chi connectivity index (χ4v) is 4.42. The molecule has 1 atom stereocenters. The Labute approximate surface area is 83.8 Å². The van der Waals surface area contributed by atoms with E-state index in [-0.39, 0.29) is 11.9 Å². The van der Waals surface area contributed by atoms with E-state index >= 15 is 0 Å². The van der Waals surface area contributed by atoms with Gasteiger partial charge >= 0.3 is 0 Å². The van der Waals surface area contributed by atoms with Crippen molar-refractivity contribution in [2.24, 2.45) is 0 Å². The molecular formula is C8H16O3S2. The fourth-order valence-electron chi connectivity index (χ4n) is 1.38. The number of thioether (sulfide) groups is 1. The lowest BCUT2D eigenvalue weighted by atomic mass is 10.2. The summed E-state index contributed by atoms with van der Waals surface area (Å²) in [5.41, 5.74) is 0. The average Bonchev–Trinajstić information content (AvgIpc) is 2.08. The highest BCUT2D eigenvalue weighted by Crippen LogP contribution is 2.27. The summed E-state index contributed by atoms with van der Waals surface area (Å²) in [5.74, 6) is 0.644. The van der Waals surface area contributed by atoms with E-state index in [9.17, 15) is 8.42 Å². The van der Waals surface area contributed by atoms with Crippen LogP contribution in [0.4, 0.5) is 0 Å². The minimum absolute atomic E-state index is 0.175. The largest absolute Gasteiger partial charge is 0.395 e. The predicted molar refractivity (Wildman–Crippen MR) is 55.8 cm³/mol. The number of rotatable bonds is 3. The second-order valence-corrected chi connectivity index (χ2v) is 7.53. The van der Waals surface area contributed by atoms with Crippen LogP contribution in [0.2, 0.25) is 0 Å². The Kier molecular flexibility index (Phi) is 4.06. The van der Waals surface area contributed by atoms with Gasteiger partial charge in [-0.05, 0) is 12.8 Å². The Morgan fingerprint density at radius 3 is 2.46 bits per heavy atom. The lowest BCUT2D eigenvalue weighted by molar-refractivity contribution is 0.299. The standard InChI is InChI=1S/C8H16O3S2/c1-7(6-9)12-8-2-4-13(10,11)5-3-8/h7-9H,2-6H2,1H3. The molecule has 13 heavy (non-hydrogen) atoms. The van der Waals surface area contributed by atoms with Crippen LogP contribution in [-0.4, -0.2) is 42.1 Å². The van der Waals surface area contributed by atoms with Gasteiger partial charge in [-0.15, -0.1) is 0 Å². The molecule has 0 saturated carbocycles. The molecule has 1 aliphatic rings. The lowest BCUT2D eigenvalue weighted by Crippen LogP contribution is -2.26. The molecule has 1 saturated heterocycles. The molecule has 1 N–H and O–H groups in total. The molecule has 0 aliphatic carbocycles. The average molecular weight is 224 g/mol. The van der Waals surface area contributed by atoms with Gasteiger partial charge in [0.1, 0.15) is 9.84 Å². The van der Waals surface area contributed by atoms with Gasteiger partial charge in [0.2, 0.25) is 0 Å². The van der Waals surface area contributed by atoms with E-state index in [0.29, 0.717) is 16.8 Å². The minimum Gasteiger partial charge on any atom is -0.395 e. The zero-order valence-electron chi connectivity index (χ0n) is 7.77. The molecule has 0 aromatic heterocycles. The smallest absolute Gasteiger partial charge is 0.150 e. The van der Waals surface area contributed by atoms with Gasteiger partial charge in [0.25, 0.3) is 0 Å². The third-order valence-corrected chi connectivity index (χ3v) is 5.37. The molecule has 0 aromatic carbocycles.